The number of anilines is 2. The van der Waals surface area contributed by atoms with Gasteiger partial charge in [-0.25, -0.2) is 14.5 Å². The highest BCUT2D eigenvalue weighted by Gasteiger charge is 2.19. The molecule has 7 heteroatoms. The monoisotopic (exact) mass is 352 g/mol. The van der Waals surface area contributed by atoms with E-state index in [-0.39, 0.29) is 0 Å². The van der Waals surface area contributed by atoms with Gasteiger partial charge in [-0.15, -0.1) is 0 Å². The largest absolute Gasteiger partial charge is 0.378 e. The van der Waals surface area contributed by atoms with Crippen molar-refractivity contribution in [2.24, 2.45) is 0 Å². The van der Waals surface area contributed by atoms with Gasteiger partial charge in [-0.3, -0.25) is 0 Å². The second-order valence-electron chi connectivity index (χ2n) is 6.83. The Kier molecular flexibility index (Phi) is 4.46. The number of fused-ring (bicyclic) bond motifs is 1. The lowest BCUT2D eigenvalue weighted by Gasteiger charge is -2.28. The van der Waals surface area contributed by atoms with Crippen LogP contribution in [-0.2, 0) is 4.74 Å². The normalized spacial score (nSPS) is 15.0. The number of morpholine rings is 1. The summed E-state index contributed by atoms with van der Waals surface area (Å²) in [6, 6.07) is 6.45. The van der Waals surface area contributed by atoms with Crippen LogP contribution in [0.2, 0.25) is 0 Å². The first-order valence-corrected chi connectivity index (χ1v) is 9.03. The first-order chi connectivity index (χ1) is 12.6. The van der Waals surface area contributed by atoms with Crippen molar-refractivity contribution in [1.29, 1.82) is 0 Å². The second kappa shape index (κ2) is 6.92. The Labute approximate surface area is 153 Å². The number of hydrogen-bond donors (Lipinski definition) is 1. The molecular weight excluding hydrogens is 328 g/mol. The SMILES string of the molecule is Cc1nc2c(N3CCOCC3)ccnn2c1-c1ccc(NC(C)C)nc1. The summed E-state index contributed by atoms with van der Waals surface area (Å²) >= 11 is 0. The van der Waals surface area contributed by atoms with Gasteiger partial charge in [0.25, 0.3) is 0 Å². The van der Waals surface area contributed by atoms with E-state index in [9.17, 15) is 0 Å². The van der Waals surface area contributed by atoms with Gasteiger partial charge < -0.3 is 15.0 Å². The average Bonchev–Trinajstić information content (AvgIpc) is 2.98. The maximum absolute atomic E-state index is 5.47. The lowest BCUT2D eigenvalue weighted by atomic mass is 10.2. The van der Waals surface area contributed by atoms with Gasteiger partial charge in [0.1, 0.15) is 5.82 Å². The zero-order chi connectivity index (χ0) is 18.1. The molecule has 0 radical (unpaired) electrons. The fourth-order valence-corrected chi connectivity index (χ4v) is 3.34. The van der Waals surface area contributed by atoms with Crippen LogP contribution in [0, 0.1) is 6.92 Å². The third kappa shape index (κ3) is 3.10. The summed E-state index contributed by atoms with van der Waals surface area (Å²) < 4.78 is 7.39. The van der Waals surface area contributed by atoms with Crippen LogP contribution in [0.5, 0.6) is 0 Å². The van der Waals surface area contributed by atoms with Crippen molar-refractivity contribution < 1.29 is 4.74 Å². The van der Waals surface area contributed by atoms with Crippen molar-refractivity contribution in [3.63, 3.8) is 0 Å². The van der Waals surface area contributed by atoms with E-state index in [1.54, 1.807) is 0 Å². The standard InChI is InChI=1S/C19H24N6O/c1-13(2)22-17-5-4-15(12-20-17)18-14(3)23-19-16(6-7-21-25(18)19)24-8-10-26-11-9-24/h4-7,12-13H,8-11H2,1-3H3,(H,20,22). The summed E-state index contributed by atoms with van der Waals surface area (Å²) in [6.45, 7) is 9.45. The Bertz CT molecular complexity index is 896. The molecule has 1 N–H and O–H groups in total. The Morgan fingerprint density at radius 2 is 1.96 bits per heavy atom. The van der Waals surface area contributed by atoms with E-state index < -0.39 is 0 Å². The summed E-state index contributed by atoms with van der Waals surface area (Å²) in [7, 11) is 0. The first-order valence-electron chi connectivity index (χ1n) is 9.03. The fraction of sp³-hybridized carbons (Fsp3) is 0.421. The molecule has 1 aliphatic heterocycles. The molecule has 0 spiro atoms. The highest BCUT2D eigenvalue weighted by atomic mass is 16.5. The van der Waals surface area contributed by atoms with Crippen molar-refractivity contribution in [2.45, 2.75) is 26.8 Å². The molecule has 3 aromatic heterocycles. The number of hydrogen-bond acceptors (Lipinski definition) is 6. The van der Waals surface area contributed by atoms with E-state index in [1.807, 2.05) is 36.0 Å². The van der Waals surface area contributed by atoms with Gasteiger partial charge in [0.05, 0.1) is 36.5 Å². The van der Waals surface area contributed by atoms with Crippen molar-refractivity contribution in [2.75, 3.05) is 36.5 Å². The highest BCUT2D eigenvalue weighted by Crippen LogP contribution is 2.29. The number of pyridine rings is 1. The Hall–Kier alpha value is -2.67. The summed E-state index contributed by atoms with van der Waals surface area (Å²) in [5.41, 5.74) is 4.93. The van der Waals surface area contributed by atoms with Gasteiger partial charge in [0, 0.05) is 30.9 Å². The molecule has 1 aliphatic rings. The lowest BCUT2D eigenvalue weighted by molar-refractivity contribution is 0.123. The van der Waals surface area contributed by atoms with Crippen LogP contribution in [0.4, 0.5) is 11.5 Å². The zero-order valence-electron chi connectivity index (χ0n) is 15.4. The molecule has 4 rings (SSSR count). The second-order valence-corrected chi connectivity index (χ2v) is 6.83. The molecule has 0 aliphatic carbocycles. The van der Waals surface area contributed by atoms with Gasteiger partial charge in [-0.05, 0) is 39.0 Å². The smallest absolute Gasteiger partial charge is 0.178 e. The minimum Gasteiger partial charge on any atom is -0.378 e. The number of aromatic nitrogens is 4. The third-order valence-corrected chi connectivity index (χ3v) is 4.50. The van der Waals surface area contributed by atoms with E-state index in [0.717, 1.165) is 60.4 Å². The van der Waals surface area contributed by atoms with Crippen LogP contribution in [0.15, 0.2) is 30.6 Å². The molecule has 1 saturated heterocycles. The topological polar surface area (TPSA) is 67.6 Å². The van der Waals surface area contributed by atoms with Crippen molar-refractivity contribution >= 4 is 17.2 Å². The number of aryl methyl sites for hydroxylation is 1. The molecule has 0 unspecified atom stereocenters. The van der Waals surface area contributed by atoms with Crippen LogP contribution in [-0.4, -0.2) is 51.9 Å². The molecule has 3 aromatic rings. The van der Waals surface area contributed by atoms with E-state index >= 15 is 0 Å². The van der Waals surface area contributed by atoms with Gasteiger partial charge in [-0.2, -0.15) is 5.10 Å². The maximum Gasteiger partial charge on any atom is 0.178 e. The van der Waals surface area contributed by atoms with Crippen LogP contribution < -0.4 is 10.2 Å². The van der Waals surface area contributed by atoms with Crippen LogP contribution in [0.3, 0.4) is 0 Å². The van der Waals surface area contributed by atoms with Crippen LogP contribution >= 0.6 is 0 Å². The number of nitrogens with zero attached hydrogens (tertiary/aromatic N) is 5. The highest BCUT2D eigenvalue weighted by molar-refractivity contribution is 5.75. The van der Waals surface area contributed by atoms with Crippen molar-refractivity contribution in [3.8, 4) is 11.3 Å². The molecular formula is C19H24N6O. The quantitative estimate of drug-likeness (QED) is 0.779. The first kappa shape index (κ1) is 16.8. The summed E-state index contributed by atoms with van der Waals surface area (Å²) in [5, 5.41) is 7.87. The minimum atomic E-state index is 0.351. The van der Waals surface area contributed by atoms with Gasteiger partial charge in [-0.1, -0.05) is 0 Å². The van der Waals surface area contributed by atoms with Crippen LogP contribution in [0.1, 0.15) is 19.5 Å². The number of rotatable bonds is 4. The Morgan fingerprint density at radius 3 is 2.65 bits per heavy atom. The predicted octanol–water partition coefficient (Wildman–Crippen LogP) is 2.76. The van der Waals surface area contributed by atoms with E-state index in [1.165, 1.54) is 0 Å². The third-order valence-electron chi connectivity index (χ3n) is 4.50. The van der Waals surface area contributed by atoms with E-state index in [0.29, 0.717) is 6.04 Å². The summed E-state index contributed by atoms with van der Waals surface area (Å²) in [6.07, 6.45) is 3.72. The molecule has 26 heavy (non-hydrogen) atoms. The molecule has 0 atom stereocenters. The molecule has 0 amide bonds. The van der Waals surface area contributed by atoms with Gasteiger partial charge in [0.15, 0.2) is 5.65 Å². The zero-order valence-corrected chi connectivity index (χ0v) is 15.4. The number of nitrogens with one attached hydrogen (secondary N) is 1. The summed E-state index contributed by atoms with van der Waals surface area (Å²) in [4.78, 5) is 11.6. The minimum absolute atomic E-state index is 0.351. The van der Waals surface area contributed by atoms with E-state index in [4.69, 9.17) is 9.72 Å². The number of imidazole rings is 1. The molecule has 0 saturated carbocycles. The molecule has 7 nitrogen and oxygen atoms in total. The molecule has 0 aromatic carbocycles. The van der Waals surface area contributed by atoms with Gasteiger partial charge in [0.2, 0.25) is 0 Å². The van der Waals surface area contributed by atoms with Crippen LogP contribution in [0.25, 0.3) is 16.9 Å². The van der Waals surface area contributed by atoms with Crippen molar-refractivity contribution in [1.82, 2.24) is 19.6 Å². The summed E-state index contributed by atoms with van der Waals surface area (Å²) in [5.74, 6) is 0.872. The number of ether oxygens (including phenoxy) is 1. The predicted molar refractivity (Wildman–Crippen MR) is 103 cm³/mol. The van der Waals surface area contributed by atoms with Gasteiger partial charge >= 0.3 is 0 Å². The van der Waals surface area contributed by atoms with Crippen molar-refractivity contribution in [3.05, 3.63) is 36.3 Å². The maximum atomic E-state index is 5.47. The fourth-order valence-electron chi connectivity index (χ4n) is 3.34. The average molecular weight is 352 g/mol. The Morgan fingerprint density at radius 1 is 1.15 bits per heavy atom. The molecule has 4 heterocycles. The molecule has 1 fully saturated rings. The van der Waals surface area contributed by atoms with E-state index in [2.05, 4.69) is 40.2 Å². The lowest BCUT2D eigenvalue weighted by Crippen LogP contribution is -2.36. The Balaban J connectivity index is 1.75. The molecule has 136 valence electrons. The molecule has 0 bridgehead atoms.